The highest BCUT2D eigenvalue weighted by molar-refractivity contribution is 8.77. The molecule has 7 heteroatoms. The Kier molecular flexibility index (Phi) is 13.9. The maximum Gasteiger partial charge on any atom is 0.317 e. The van der Waals surface area contributed by atoms with Crippen molar-refractivity contribution < 1.29 is 14.3 Å². The van der Waals surface area contributed by atoms with Gasteiger partial charge >= 0.3 is 5.97 Å². The number of carbonyl (C=O) groups is 2. The molecule has 0 radical (unpaired) electrons. The third-order valence-corrected chi connectivity index (χ3v) is 14.6. The summed E-state index contributed by atoms with van der Waals surface area (Å²) in [6.45, 7) is 14.0. The maximum atomic E-state index is 12.7. The van der Waals surface area contributed by atoms with Crippen LogP contribution < -0.4 is 11.1 Å². The summed E-state index contributed by atoms with van der Waals surface area (Å²) in [5.41, 5.74) is 7.89. The van der Waals surface area contributed by atoms with E-state index in [1.807, 2.05) is 0 Å². The molecule has 0 aromatic heterocycles. The molecule has 4 aliphatic carbocycles. The van der Waals surface area contributed by atoms with Gasteiger partial charge in [-0.15, -0.1) is 0 Å². The van der Waals surface area contributed by atoms with E-state index in [0.29, 0.717) is 23.5 Å². The molecule has 5 nitrogen and oxygen atoms in total. The van der Waals surface area contributed by atoms with Gasteiger partial charge in [0.25, 0.3) is 0 Å². The SMILES string of the molecule is CC(C)CCCC(C)C1CCC2C3CC=C4CC(OC(=O)CSSCC(=O)NCCCCCCN)CCC4(C)C3CCC12C. The molecular weight excluding hydrogens is 585 g/mol. The molecular formula is C37H64N2O3S2. The standard InChI is InChI=1S/C37H64N2O3S2/c1-26(2)11-10-12-27(3)31-15-16-32-30-14-13-28-23-29(17-19-36(28,4)33(30)18-20-37(31,32)5)42-35(41)25-44-43-24-34(40)39-22-9-7-6-8-21-38/h13,26-27,29-33H,6-12,14-25,38H2,1-5H3,(H,39,40). The summed E-state index contributed by atoms with van der Waals surface area (Å²) in [6, 6.07) is 0. The van der Waals surface area contributed by atoms with Crippen molar-refractivity contribution in [1.29, 1.82) is 0 Å². The molecule has 4 aliphatic rings. The molecule has 0 spiro atoms. The highest BCUT2D eigenvalue weighted by Gasteiger charge is 2.59. The van der Waals surface area contributed by atoms with E-state index < -0.39 is 0 Å². The lowest BCUT2D eigenvalue weighted by atomic mass is 9.47. The zero-order chi connectivity index (χ0) is 31.7. The van der Waals surface area contributed by atoms with Crippen LogP contribution in [0, 0.1) is 46.3 Å². The van der Waals surface area contributed by atoms with E-state index in [4.69, 9.17) is 10.5 Å². The molecule has 8 unspecified atom stereocenters. The van der Waals surface area contributed by atoms with Gasteiger partial charge < -0.3 is 15.8 Å². The second-order valence-corrected chi connectivity index (χ2v) is 18.2. The number of esters is 1. The summed E-state index contributed by atoms with van der Waals surface area (Å²) < 4.78 is 5.99. The number of allylic oxidation sites excluding steroid dienone is 1. The summed E-state index contributed by atoms with van der Waals surface area (Å²) >= 11 is 0. The number of unbranched alkanes of at least 4 members (excludes halogenated alkanes) is 3. The first-order valence-corrected chi connectivity index (χ1v) is 20.7. The Labute approximate surface area is 277 Å². The van der Waals surface area contributed by atoms with Crippen molar-refractivity contribution in [3.05, 3.63) is 11.6 Å². The van der Waals surface area contributed by atoms with E-state index in [-0.39, 0.29) is 23.4 Å². The zero-order valence-corrected chi connectivity index (χ0v) is 30.3. The lowest BCUT2D eigenvalue weighted by molar-refractivity contribution is -0.148. The minimum absolute atomic E-state index is 0.00273. The fraction of sp³-hybridized carbons (Fsp3) is 0.892. The number of fused-ring (bicyclic) bond motifs is 5. The number of hydrogen-bond donors (Lipinski definition) is 2. The lowest BCUT2D eigenvalue weighted by Crippen LogP contribution is -2.51. The van der Waals surface area contributed by atoms with E-state index in [1.165, 1.54) is 73.0 Å². The number of nitrogens with two attached hydrogens (primary N) is 1. The number of hydrogen-bond acceptors (Lipinski definition) is 6. The van der Waals surface area contributed by atoms with Gasteiger partial charge in [0, 0.05) is 13.0 Å². The molecule has 0 heterocycles. The van der Waals surface area contributed by atoms with Crippen LogP contribution in [0.4, 0.5) is 0 Å². The minimum atomic E-state index is -0.140. The minimum Gasteiger partial charge on any atom is -0.461 e. The van der Waals surface area contributed by atoms with Crippen molar-refractivity contribution in [1.82, 2.24) is 5.32 Å². The van der Waals surface area contributed by atoms with E-state index in [9.17, 15) is 9.59 Å². The van der Waals surface area contributed by atoms with Gasteiger partial charge in [0.2, 0.25) is 5.91 Å². The topological polar surface area (TPSA) is 81.4 Å². The number of carbonyl (C=O) groups excluding carboxylic acids is 2. The smallest absolute Gasteiger partial charge is 0.317 e. The molecule has 8 atom stereocenters. The molecule has 3 N–H and O–H groups in total. The van der Waals surface area contributed by atoms with Crippen molar-refractivity contribution in [2.75, 3.05) is 24.6 Å². The van der Waals surface area contributed by atoms with Gasteiger partial charge in [0.1, 0.15) is 11.9 Å². The molecule has 1 amide bonds. The second-order valence-electron chi connectivity index (χ2n) is 15.7. The van der Waals surface area contributed by atoms with Crippen LogP contribution in [0.25, 0.3) is 0 Å². The average molecular weight is 649 g/mol. The van der Waals surface area contributed by atoms with Crippen molar-refractivity contribution in [3.63, 3.8) is 0 Å². The quantitative estimate of drug-likeness (QED) is 0.0709. The normalized spacial score (nSPS) is 33.6. The summed E-state index contributed by atoms with van der Waals surface area (Å²) in [7, 11) is 2.88. The number of nitrogens with one attached hydrogen (secondary N) is 1. The Hall–Kier alpha value is -0.660. The Morgan fingerprint density at radius 3 is 2.50 bits per heavy atom. The zero-order valence-electron chi connectivity index (χ0n) is 28.7. The predicted octanol–water partition coefficient (Wildman–Crippen LogP) is 8.96. The molecule has 3 fully saturated rings. The summed E-state index contributed by atoms with van der Waals surface area (Å²) in [4.78, 5) is 24.7. The summed E-state index contributed by atoms with van der Waals surface area (Å²) in [6.07, 6.45) is 20.9. The molecule has 0 saturated heterocycles. The van der Waals surface area contributed by atoms with Crippen molar-refractivity contribution in [3.8, 4) is 0 Å². The van der Waals surface area contributed by atoms with Crippen LogP contribution in [0.5, 0.6) is 0 Å². The van der Waals surface area contributed by atoms with Crippen LogP contribution in [-0.4, -0.2) is 42.6 Å². The van der Waals surface area contributed by atoms with Gasteiger partial charge in [0.15, 0.2) is 0 Å². The van der Waals surface area contributed by atoms with E-state index in [2.05, 4.69) is 46.0 Å². The number of amides is 1. The van der Waals surface area contributed by atoms with E-state index in [1.54, 1.807) is 5.57 Å². The van der Waals surface area contributed by atoms with Crippen LogP contribution in [0.2, 0.25) is 0 Å². The van der Waals surface area contributed by atoms with E-state index in [0.717, 1.165) is 87.0 Å². The largest absolute Gasteiger partial charge is 0.461 e. The highest BCUT2D eigenvalue weighted by atomic mass is 33.1. The maximum absolute atomic E-state index is 12.7. The summed E-state index contributed by atoms with van der Waals surface area (Å²) in [5, 5.41) is 2.97. The second kappa shape index (κ2) is 16.9. The monoisotopic (exact) mass is 648 g/mol. The van der Waals surface area contributed by atoms with Crippen LogP contribution in [0.3, 0.4) is 0 Å². The Bertz CT molecular complexity index is 972. The molecule has 4 rings (SSSR count). The Morgan fingerprint density at radius 1 is 0.955 bits per heavy atom. The van der Waals surface area contributed by atoms with Gasteiger partial charge in [0.05, 0.1) is 5.75 Å². The number of ether oxygens (including phenoxy) is 1. The Balaban J connectivity index is 1.20. The predicted molar refractivity (Wildman–Crippen MR) is 188 cm³/mol. The van der Waals surface area contributed by atoms with Gasteiger partial charge in [-0.2, -0.15) is 0 Å². The van der Waals surface area contributed by atoms with Gasteiger partial charge in [-0.25, -0.2) is 0 Å². The first-order valence-electron chi connectivity index (χ1n) is 18.2. The molecule has 0 aromatic carbocycles. The van der Waals surface area contributed by atoms with Crippen molar-refractivity contribution in [2.45, 2.75) is 137 Å². The van der Waals surface area contributed by atoms with Crippen molar-refractivity contribution >= 4 is 33.5 Å². The molecule has 0 aliphatic heterocycles. The first kappa shape index (κ1) is 36.2. The summed E-state index contributed by atoms with van der Waals surface area (Å²) in [5.74, 6) is 5.63. The van der Waals surface area contributed by atoms with Crippen LogP contribution in [-0.2, 0) is 14.3 Å². The van der Waals surface area contributed by atoms with Gasteiger partial charge in [-0.05, 0) is 111 Å². The van der Waals surface area contributed by atoms with E-state index >= 15 is 0 Å². The fourth-order valence-corrected chi connectivity index (χ4v) is 11.7. The molecule has 0 bridgehead atoms. The first-order chi connectivity index (χ1) is 21.1. The average Bonchev–Trinajstić information content (AvgIpc) is 3.34. The fourth-order valence-electron chi connectivity index (χ4n) is 10.1. The molecule has 0 aromatic rings. The van der Waals surface area contributed by atoms with Gasteiger partial charge in [-0.3, -0.25) is 9.59 Å². The third-order valence-electron chi connectivity index (χ3n) is 12.5. The highest BCUT2D eigenvalue weighted by Crippen LogP contribution is 2.67. The molecule has 252 valence electrons. The molecule has 3 saturated carbocycles. The lowest BCUT2D eigenvalue weighted by Gasteiger charge is -2.58. The van der Waals surface area contributed by atoms with Crippen LogP contribution in [0.15, 0.2) is 11.6 Å². The number of rotatable bonds is 17. The molecule has 44 heavy (non-hydrogen) atoms. The van der Waals surface area contributed by atoms with Crippen LogP contribution in [0.1, 0.15) is 131 Å². The van der Waals surface area contributed by atoms with Crippen LogP contribution >= 0.6 is 21.6 Å². The Morgan fingerprint density at radius 2 is 1.73 bits per heavy atom. The van der Waals surface area contributed by atoms with Crippen molar-refractivity contribution in [2.24, 2.45) is 52.1 Å². The third kappa shape index (κ3) is 9.02. The van der Waals surface area contributed by atoms with Gasteiger partial charge in [-0.1, -0.05) is 100.0 Å².